The van der Waals surface area contributed by atoms with Gasteiger partial charge in [0.1, 0.15) is 12.4 Å². The molecule has 0 fully saturated rings. The number of rotatable bonds is 3. The Morgan fingerprint density at radius 3 is 2.81 bits per heavy atom. The molecule has 2 aromatic rings. The zero-order chi connectivity index (χ0) is 11.4. The second-order valence-electron chi connectivity index (χ2n) is 3.52. The van der Waals surface area contributed by atoms with E-state index in [0.29, 0.717) is 11.6 Å². The molecule has 0 aliphatic heterocycles. The van der Waals surface area contributed by atoms with Crippen LogP contribution in [0.3, 0.4) is 0 Å². The predicted octanol–water partition coefficient (Wildman–Crippen LogP) is 3.62. The molecule has 1 heterocycles. The van der Waals surface area contributed by atoms with Gasteiger partial charge in [-0.3, -0.25) is 4.98 Å². The lowest BCUT2D eigenvalue weighted by molar-refractivity contribution is 0.299. The Kier molecular flexibility index (Phi) is 3.42. The van der Waals surface area contributed by atoms with Crippen molar-refractivity contribution >= 4 is 11.6 Å². The predicted molar refractivity (Wildman–Crippen MR) is 64.8 cm³/mol. The van der Waals surface area contributed by atoms with Crippen LogP contribution in [0.5, 0.6) is 5.75 Å². The molecule has 0 saturated carbocycles. The van der Waals surface area contributed by atoms with Crippen molar-refractivity contribution in [1.29, 1.82) is 0 Å². The number of aromatic nitrogens is 1. The first-order valence-electron chi connectivity index (χ1n) is 5.04. The molecule has 2 rings (SSSR count). The van der Waals surface area contributed by atoms with Gasteiger partial charge in [0.25, 0.3) is 0 Å². The van der Waals surface area contributed by atoms with Gasteiger partial charge in [0.2, 0.25) is 0 Å². The van der Waals surface area contributed by atoms with E-state index in [1.165, 1.54) is 0 Å². The van der Waals surface area contributed by atoms with E-state index in [4.69, 9.17) is 16.3 Å². The van der Waals surface area contributed by atoms with Crippen molar-refractivity contribution in [2.75, 3.05) is 0 Å². The van der Waals surface area contributed by atoms with Crippen LogP contribution in [0.4, 0.5) is 0 Å². The Bertz CT molecular complexity index is 485. The smallest absolute Gasteiger partial charge is 0.130 e. The number of halogens is 1. The number of para-hydroxylation sites is 1. The van der Waals surface area contributed by atoms with Crippen molar-refractivity contribution in [3.05, 3.63) is 58.9 Å². The van der Waals surface area contributed by atoms with Crippen molar-refractivity contribution in [2.45, 2.75) is 13.5 Å². The summed E-state index contributed by atoms with van der Waals surface area (Å²) >= 11 is 5.86. The Morgan fingerprint density at radius 2 is 2.06 bits per heavy atom. The molecule has 3 heteroatoms. The summed E-state index contributed by atoms with van der Waals surface area (Å²) in [6.07, 6.45) is 1.68. The highest BCUT2D eigenvalue weighted by molar-refractivity contribution is 6.30. The molecule has 0 amide bonds. The van der Waals surface area contributed by atoms with Crippen LogP contribution in [0.15, 0.2) is 42.6 Å². The molecule has 1 aromatic carbocycles. The van der Waals surface area contributed by atoms with Crippen LogP contribution in [-0.2, 0) is 6.61 Å². The zero-order valence-electron chi connectivity index (χ0n) is 8.98. The average Bonchev–Trinajstić information content (AvgIpc) is 2.28. The van der Waals surface area contributed by atoms with Crippen molar-refractivity contribution in [3.63, 3.8) is 0 Å². The highest BCUT2D eigenvalue weighted by atomic mass is 35.5. The van der Waals surface area contributed by atoms with E-state index in [0.717, 1.165) is 17.0 Å². The normalized spacial score (nSPS) is 10.1. The molecule has 0 saturated heterocycles. The molecular formula is C13H12ClNO. The first-order chi connectivity index (χ1) is 7.75. The van der Waals surface area contributed by atoms with Crippen LogP contribution in [0.25, 0.3) is 0 Å². The van der Waals surface area contributed by atoms with Crippen molar-refractivity contribution in [1.82, 2.24) is 4.98 Å². The minimum Gasteiger partial charge on any atom is -0.487 e. The fourth-order valence-corrected chi connectivity index (χ4v) is 1.58. The fourth-order valence-electron chi connectivity index (χ4n) is 1.40. The second-order valence-corrected chi connectivity index (χ2v) is 3.96. The molecule has 0 aliphatic carbocycles. The molecule has 82 valence electrons. The Labute approximate surface area is 99.9 Å². The summed E-state index contributed by atoms with van der Waals surface area (Å²) in [5, 5.41) is 0.679. The summed E-state index contributed by atoms with van der Waals surface area (Å²) in [6, 6.07) is 11.5. The fraction of sp³-hybridized carbons (Fsp3) is 0.154. The molecule has 0 radical (unpaired) electrons. The lowest BCUT2D eigenvalue weighted by atomic mass is 10.2. The van der Waals surface area contributed by atoms with E-state index in [1.54, 1.807) is 18.3 Å². The van der Waals surface area contributed by atoms with Crippen LogP contribution in [-0.4, -0.2) is 4.98 Å². The van der Waals surface area contributed by atoms with Crippen molar-refractivity contribution < 1.29 is 4.74 Å². The van der Waals surface area contributed by atoms with Crippen LogP contribution < -0.4 is 4.74 Å². The van der Waals surface area contributed by atoms with Gasteiger partial charge in [0.15, 0.2) is 0 Å². The Hall–Kier alpha value is -1.54. The summed E-state index contributed by atoms with van der Waals surface area (Å²) in [7, 11) is 0. The summed E-state index contributed by atoms with van der Waals surface area (Å²) in [4.78, 5) is 4.17. The highest BCUT2D eigenvalue weighted by Gasteiger charge is 2.00. The maximum absolute atomic E-state index is 5.86. The minimum absolute atomic E-state index is 0.436. The molecule has 0 spiro atoms. The third kappa shape index (κ3) is 2.74. The number of benzene rings is 1. The van der Waals surface area contributed by atoms with Crippen LogP contribution in [0.1, 0.15) is 11.3 Å². The Morgan fingerprint density at radius 1 is 1.25 bits per heavy atom. The number of pyridine rings is 1. The van der Waals surface area contributed by atoms with Gasteiger partial charge in [-0.25, -0.2) is 0 Å². The van der Waals surface area contributed by atoms with Gasteiger partial charge in [-0.05, 0) is 30.7 Å². The molecule has 1 aromatic heterocycles. The van der Waals surface area contributed by atoms with E-state index in [2.05, 4.69) is 4.98 Å². The lowest BCUT2D eigenvalue weighted by Crippen LogP contribution is -1.98. The quantitative estimate of drug-likeness (QED) is 0.808. The van der Waals surface area contributed by atoms with Crippen molar-refractivity contribution in [2.24, 2.45) is 0 Å². The molecule has 16 heavy (non-hydrogen) atoms. The van der Waals surface area contributed by atoms with E-state index in [9.17, 15) is 0 Å². The maximum Gasteiger partial charge on any atom is 0.130 e. The first-order valence-corrected chi connectivity index (χ1v) is 5.42. The molecule has 2 nitrogen and oxygen atoms in total. The minimum atomic E-state index is 0.436. The zero-order valence-corrected chi connectivity index (χ0v) is 9.74. The van der Waals surface area contributed by atoms with Gasteiger partial charge in [0.05, 0.1) is 5.69 Å². The number of hydrogen-bond donors (Lipinski definition) is 0. The number of hydrogen-bond acceptors (Lipinski definition) is 2. The van der Waals surface area contributed by atoms with Gasteiger partial charge in [-0.1, -0.05) is 29.8 Å². The first kappa shape index (κ1) is 11.0. The van der Waals surface area contributed by atoms with E-state index < -0.39 is 0 Å². The van der Waals surface area contributed by atoms with Gasteiger partial charge < -0.3 is 4.74 Å². The maximum atomic E-state index is 5.86. The van der Waals surface area contributed by atoms with E-state index in [1.807, 2.05) is 31.2 Å². The number of ether oxygens (including phenoxy) is 1. The van der Waals surface area contributed by atoms with Gasteiger partial charge in [-0.15, -0.1) is 0 Å². The van der Waals surface area contributed by atoms with E-state index in [-0.39, 0.29) is 0 Å². The third-order valence-electron chi connectivity index (χ3n) is 2.25. The monoisotopic (exact) mass is 233 g/mol. The lowest BCUT2D eigenvalue weighted by Gasteiger charge is -2.08. The molecule has 0 aliphatic rings. The third-order valence-corrected chi connectivity index (χ3v) is 2.48. The molecular weight excluding hydrogens is 222 g/mol. The average molecular weight is 234 g/mol. The largest absolute Gasteiger partial charge is 0.487 e. The number of nitrogens with zero attached hydrogens (tertiary/aromatic N) is 1. The molecule has 0 N–H and O–H groups in total. The van der Waals surface area contributed by atoms with E-state index >= 15 is 0 Å². The van der Waals surface area contributed by atoms with Crippen LogP contribution in [0.2, 0.25) is 5.02 Å². The highest BCUT2D eigenvalue weighted by Crippen LogP contribution is 2.18. The van der Waals surface area contributed by atoms with Gasteiger partial charge in [-0.2, -0.15) is 0 Å². The SMILES string of the molecule is Cc1ccccc1OCc1cc(Cl)ccn1. The molecule has 0 bridgehead atoms. The van der Waals surface area contributed by atoms with Crippen molar-refractivity contribution in [3.8, 4) is 5.75 Å². The summed E-state index contributed by atoms with van der Waals surface area (Å²) in [5.41, 5.74) is 1.94. The molecule has 0 atom stereocenters. The van der Waals surface area contributed by atoms with Gasteiger partial charge >= 0.3 is 0 Å². The summed E-state index contributed by atoms with van der Waals surface area (Å²) in [6.45, 7) is 2.45. The topological polar surface area (TPSA) is 22.1 Å². The van der Waals surface area contributed by atoms with Crippen LogP contribution in [0, 0.1) is 6.92 Å². The van der Waals surface area contributed by atoms with Gasteiger partial charge in [0, 0.05) is 11.2 Å². The second kappa shape index (κ2) is 4.99. The number of aryl methyl sites for hydroxylation is 1. The Balaban J connectivity index is 2.05. The standard InChI is InChI=1S/C13H12ClNO/c1-10-4-2-3-5-13(10)16-9-12-8-11(14)6-7-15-12/h2-8H,9H2,1H3. The molecule has 0 unspecified atom stereocenters. The van der Waals surface area contributed by atoms with Crippen LogP contribution >= 0.6 is 11.6 Å². The summed E-state index contributed by atoms with van der Waals surface area (Å²) in [5.74, 6) is 0.879. The summed E-state index contributed by atoms with van der Waals surface area (Å²) < 4.78 is 5.66.